The minimum absolute atomic E-state index is 0.618. The first-order valence-corrected chi connectivity index (χ1v) is 6.19. The Labute approximate surface area is 101 Å². The molecule has 1 fully saturated rings. The van der Waals surface area contributed by atoms with Gasteiger partial charge < -0.3 is 10.1 Å². The van der Waals surface area contributed by atoms with Crippen LogP contribution in [0.2, 0.25) is 5.02 Å². The van der Waals surface area contributed by atoms with Gasteiger partial charge in [0.2, 0.25) is 0 Å². The number of hydrogen-bond donors (Lipinski definition) is 1. The van der Waals surface area contributed by atoms with Gasteiger partial charge in [0, 0.05) is 18.3 Å². The minimum atomic E-state index is 0.618. The summed E-state index contributed by atoms with van der Waals surface area (Å²) in [5.41, 5.74) is 0. The van der Waals surface area contributed by atoms with Crippen LogP contribution in [0.5, 0.6) is 5.75 Å². The number of nitrogens with zero attached hydrogens (tertiary/aromatic N) is 1. The molecule has 1 aliphatic rings. The molecule has 4 heteroatoms. The zero-order valence-electron chi connectivity index (χ0n) is 9.29. The van der Waals surface area contributed by atoms with Crippen molar-refractivity contribution in [2.45, 2.75) is 31.7 Å². The lowest BCUT2D eigenvalue weighted by molar-refractivity contribution is 0.304. The smallest absolute Gasteiger partial charge is 0.139 e. The van der Waals surface area contributed by atoms with Crippen molar-refractivity contribution in [1.29, 1.82) is 0 Å². The minimum Gasteiger partial charge on any atom is -0.492 e. The van der Waals surface area contributed by atoms with E-state index in [0.717, 1.165) is 37.8 Å². The van der Waals surface area contributed by atoms with Gasteiger partial charge in [0.1, 0.15) is 5.75 Å². The number of hydrogen-bond acceptors (Lipinski definition) is 3. The van der Waals surface area contributed by atoms with Crippen LogP contribution in [0.1, 0.15) is 25.7 Å². The molecular formula is C12H17ClN2O. The zero-order chi connectivity index (χ0) is 11.2. The predicted octanol–water partition coefficient (Wildman–Crippen LogP) is 2.65. The van der Waals surface area contributed by atoms with Gasteiger partial charge in [-0.1, -0.05) is 11.6 Å². The molecule has 0 amide bonds. The fraction of sp³-hybridized carbons (Fsp3) is 0.583. The molecule has 3 nitrogen and oxygen atoms in total. The highest BCUT2D eigenvalue weighted by atomic mass is 35.5. The van der Waals surface area contributed by atoms with Crippen molar-refractivity contribution in [1.82, 2.24) is 10.3 Å². The van der Waals surface area contributed by atoms with Gasteiger partial charge in [0.05, 0.1) is 17.8 Å². The predicted molar refractivity (Wildman–Crippen MR) is 65.0 cm³/mol. The normalized spacial score (nSPS) is 15.1. The second-order valence-corrected chi connectivity index (χ2v) is 4.56. The molecule has 0 unspecified atom stereocenters. The van der Waals surface area contributed by atoms with E-state index in [-0.39, 0.29) is 0 Å². The van der Waals surface area contributed by atoms with Crippen LogP contribution in [-0.2, 0) is 0 Å². The third-order valence-corrected chi connectivity index (χ3v) is 2.74. The van der Waals surface area contributed by atoms with Crippen LogP contribution >= 0.6 is 11.6 Å². The molecule has 1 saturated carbocycles. The van der Waals surface area contributed by atoms with E-state index in [2.05, 4.69) is 10.3 Å². The van der Waals surface area contributed by atoms with Crippen molar-refractivity contribution in [3.63, 3.8) is 0 Å². The van der Waals surface area contributed by atoms with Crippen molar-refractivity contribution in [2.24, 2.45) is 0 Å². The number of rotatable bonds is 7. The van der Waals surface area contributed by atoms with Gasteiger partial charge in [0.25, 0.3) is 0 Å². The highest BCUT2D eigenvalue weighted by Crippen LogP contribution is 2.18. The second kappa shape index (κ2) is 6.06. The van der Waals surface area contributed by atoms with Crippen molar-refractivity contribution in [2.75, 3.05) is 13.2 Å². The first kappa shape index (κ1) is 11.7. The van der Waals surface area contributed by atoms with Gasteiger partial charge >= 0.3 is 0 Å². The molecule has 0 aromatic carbocycles. The maximum absolute atomic E-state index is 5.80. The summed E-state index contributed by atoms with van der Waals surface area (Å²) < 4.78 is 5.53. The molecule has 0 spiro atoms. The molecule has 0 atom stereocenters. The van der Waals surface area contributed by atoms with Crippen LogP contribution in [0, 0.1) is 0 Å². The van der Waals surface area contributed by atoms with E-state index in [1.165, 1.54) is 12.8 Å². The Morgan fingerprint density at radius 1 is 1.38 bits per heavy atom. The maximum atomic E-state index is 5.80. The Kier molecular flexibility index (Phi) is 4.43. The standard InChI is InChI=1S/C12H17ClN2O/c13-10-7-12(9-14-8-10)16-6-2-1-5-15-11-3-4-11/h7-9,11,15H,1-6H2. The summed E-state index contributed by atoms with van der Waals surface area (Å²) in [6.45, 7) is 1.83. The Balaban J connectivity index is 1.53. The van der Waals surface area contributed by atoms with Crippen LogP contribution < -0.4 is 10.1 Å². The third-order valence-electron chi connectivity index (χ3n) is 2.53. The molecule has 2 rings (SSSR count). The lowest BCUT2D eigenvalue weighted by Gasteiger charge is -2.06. The molecular weight excluding hydrogens is 224 g/mol. The summed E-state index contributed by atoms with van der Waals surface area (Å²) in [6.07, 6.45) is 8.22. The topological polar surface area (TPSA) is 34.1 Å². The van der Waals surface area contributed by atoms with E-state index < -0.39 is 0 Å². The average Bonchev–Trinajstić information content (AvgIpc) is 3.07. The van der Waals surface area contributed by atoms with Crippen LogP contribution in [0.4, 0.5) is 0 Å². The van der Waals surface area contributed by atoms with Crippen molar-refractivity contribution in [3.8, 4) is 5.75 Å². The molecule has 0 bridgehead atoms. The Bertz CT molecular complexity index is 329. The highest BCUT2D eigenvalue weighted by molar-refractivity contribution is 6.30. The quantitative estimate of drug-likeness (QED) is 0.744. The molecule has 1 heterocycles. The van der Waals surface area contributed by atoms with E-state index in [9.17, 15) is 0 Å². The third kappa shape index (κ3) is 4.37. The van der Waals surface area contributed by atoms with E-state index in [1.807, 2.05) is 0 Å². The van der Waals surface area contributed by atoms with Crippen LogP contribution in [0.3, 0.4) is 0 Å². The molecule has 88 valence electrons. The summed E-state index contributed by atoms with van der Waals surface area (Å²) >= 11 is 5.80. The number of unbranched alkanes of at least 4 members (excludes halogenated alkanes) is 1. The summed E-state index contributed by atoms with van der Waals surface area (Å²) in [5, 5.41) is 4.09. The summed E-state index contributed by atoms with van der Waals surface area (Å²) in [6, 6.07) is 2.59. The molecule has 16 heavy (non-hydrogen) atoms. The van der Waals surface area contributed by atoms with Crippen molar-refractivity contribution < 1.29 is 4.74 Å². The lowest BCUT2D eigenvalue weighted by Crippen LogP contribution is -2.17. The molecule has 1 N–H and O–H groups in total. The van der Waals surface area contributed by atoms with Crippen molar-refractivity contribution in [3.05, 3.63) is 23.5 Å². The summed E-state index contributed by atoms with van der Waals surface area (Å²) in [7, 11) is 0. The molecule has 0 radical (unpaired) electrons. The maximum Gasteiger partial charge on any atom is 0.139 e. The molecule has 0 saturated heterocycles. The van der Waals surface area contributed by atoms with Gasteiger partial charge in [-0.05, 0) is 32.2 Å². The highest BCUT2D eigenvalue weighted by Gasteiger charge is 2.19. The fourth-order valence-corrected chi connectivity index (χ4v) is 1.65. The van der Waals surface area contributed by atoms with Gasteiger partial charge in [-0.3, -0.25) is 4.98 Å². The van der Waals surface area contributed by atoms with E-state index in [4.69, 9.17) is 16.3 Å². The van der Waals surface area contributed by atoms with Gasteiger partial charge in [-0.2, -0.15) is 0 Å². The van der Waals surface area contributed by atoms with Crippen LogP contribution in [0.25, 0.3) is 0 Å². The van der Waals surface area contributed by atoms with Crippen LogP contribution in [-0.4, -0.2) is 24.2 Å². The fourth-order valence-electron chi connectivity index (χ4n) is 1.48. The zero-order valence-corrected chi connectivity index (χ0v) is 10.0. The van der Waals surface area contributed by atoms with Gasteiger partial charge in [-0.25, -0.2) is 0 Å². The molecule has 1 aliphatic carbocycles. The first-order valence-electron chi connectivity index (χ1n) is 5.81. The number of ether oxygens (including phenoxy) is 1. The largest absolute Gasteiger partial charge is 0.492 e. The monoisotopic (exact) mass is 240 g/mol. The second-order valence-electron chi connectivity index (χ2n) is 4.12. The molecule has 0 aliphatic heterocycles. The molecule has 1 aromatic heterocycles. The number of pyridine rings is 1. The Morgan fingerprint density at radius 3 is 3.00 bits per heavy atom. The molecule has 1 aromatic rings. The number of nitrogens with one attached hydrogen (secondary N) is 1. The van der Waals surface area contributed by atoms with Crippen LogP contribution in [0.15, 0.2) is 18.5 Å². The Hall–Kier alpha value is -0.800. The average molecular weight is 241 g/mol. The SMILES string of the molecule is Clc1cncc(OCCCCNC2CC2)c1. The number of aromatic nitrogens is 1. The summed E-state index contributed by atoms with van der Waals surface area (Å²) in [5.74, 6) is 0.752. The Morgan fingerprint density at radius 2 is 2.25 bits per heavy atom. The van der Waals surface area contributed by atoms with Gasteiger partial charge in [0.15, 0.2) is 0 Å². The van der Waals surface area contributed by atoms with E-state index >= 15 is 0 Å². The van der Waals surface area contributed by atoms with E-state index in [0.29, 0.717) is 5.02 Å². The van der Waals surface area contributed by atoms with Crippen molar-refractivity contribution >= 4 is 11.6 Å². The van der Waals surface area contributed by atoms with Gasteiger partial charge in [-0.15, -0.1) is 0 Å². The lowest BCUT2D eigenvalue weighted by atomic mass is 10.3. The first-order chi connectivity index (χ1) is 7.84. The van der Waals surface area contributed by atoms with E-state index in [1.54, 1.807) is 18.5 Å². The summed E-state index contributed by atoms with van der Waals surface area (Å²) in [4.78, 5) is 3.96. The number of halogens is 1.